The van der Waals surface area contributed by atoms with Gasteiger partial charge in [-0.15, -0.1) is 0 Å². The Bertz CT molecular complexity index is 853. The van der Waals surface area contributed by atoms with E-state index in [-0.39, 0.29) is 10.6 Å². The van der Waals surface area contributed by atoms with E-state index in [1.54, 1.807) is 0 Å². The summed E-state index contributed by atoms with van der Waals surface area (Å²) in [6.07, 6.45) is 0. The summed E-state index contributed by atoms with van der Waals surface area (Å²) in [7, 11) is -1.10. The van der Waals surface area contributed by atoms with E-state index in [0.29, 0.717) is 11.4 Å². The highest BCUT2D eigenvalue weighted by Crippen LogP contribution is 2.29. The second-order valence-corrected chi connectivity index (χ2v) is 6.66. The zero-order valence-electron chi connectivity index (χ0n) is 13.6. The molecule has 0 heterocycles. The van der Waals surface area contributed by atoms with E-state index < -0.39 is 28.3 Å². The highest BCUT2D eigenvalue weighted by atomic mass is 32.2. The predicted molar refractivity (Wildman–Crippen MR) is 89.8 cm³/mol. The Morgan fingerprint density at radius 2 is 1.68 bits per heavy atom. The van der Waals surface area contributed by atoms with E-state index in [0.717, 1.165) is 0 Å². The molecule has 0 unspecified atom stereocenters. The minimum Gasteiger partial charge on any atom is -0.493 e. The summed E-state index contributed by atoms with van der Waals surface area (Å²) >= 11 is 0. The number of amides is 1. The molecule has 0 saturated heterocycles. The van der Waals surface area contributed by atoms with Crippen LogP contribution in [0.1, 0.15) is 0 Å². The molecule has 0 aliphatic carbocycles. The average molecular weight is 368 g/mol. The van der Waals surface area contributed by atoms with Crippen molar-refractivity contribution in [3.8, 4) is 11.5 Å². The lowest BCUT2D eigenvalue weighted by molar-refractivity contribution is -0.115. The number of methoxy groups -OCH3 is 2. The van der Waals surface area contributed by atoms with E-state index in [4.69, 9.17) is 9.47 Å². The van der Waals surface area contributed by atoms with E-state index in [2.05, 4.69) is 10.0 Å². The van der Waals surface area contributed by atoms with Crippen molar-refractivity contribution in [2.75, 3.05) is 26.1 Å². The van der Waals surface area contributed by atoms with Gasteiger partial charge in [0.05, 0.1) is 25.7 Å². The highest BCUT2D eigenvalue weighted by molar-refractivity contribution is 7.89. The monoisotopic (exact) mass is 368 g/mol. The predicted octanol–water partition coefficient (Wildman–Crippen LogP) is 1.76. The normalized spacial score (nSPS) is 11.0. The van der Waals surface area contributed by atoms with Crippen LogP contribution in [0.5, 0.6) is 11.5 Å². The number of rotatable bonds is 7. The molecule has 0 spiro atoms. The smallest absolute Gasteiger partial charge is 0.241 e. The Morgan fingerprint density at radius 3 is 2.28 bits per heavy atom. The van der Waals surface area contributed by atoms with Crippen LogP contribution in [0, 0.1) is 5.82 Å². The SMILES string of the molecule is COc1ccc(S(=O)(=O)NCC(=O)Nc2ccc(F)cc2)cc1OC. The van der Waals surface area contributed by atoms with Gasteiger partial charge in [0.25, 0.3) is 0 Å². The van der Waals surface area contributed by atoms with Crippen molar-refractivity contribution in [3.05, 3.63) is 48.3 Å². The third-order valence-electron chi connectivity index (χ3n) is 3.22. The van der Waals surface area contributed by atoms with Crippen LogP contribution in [-0.2, 0) is 14.8 Å². The average Bonchev–Trinajstić information content (AvgIpc) is 2.61. The zero-order chi connectivity index (χ0) is 18.4. The molecule has 9 heteroatoms. The quantitative estimate of drug-likeness (QED) is 0.777. The van der Waals surface area contributed by atoms with Crippen LogP contribution in [0.25, 0.3) is 0 Å². The molecule has 0 aliphatic rings. The van der Waals surface area contributed by atoms with Crippen LogP contribution >= 0.6 is 0 Å². The molecule has 7 nitrogen and oxygen atoms in total. The van der Waals surface area contributed by atoms with Crippen molar-refractivity contribution in [3.63, 3.8) is 0 Å². The molecule has 1 amide bonds. The first-order valence-corrected chi connectivity index (χ1v) is 8.61. The van der Waals surface area contributed by atoms with E-state index in [1.165, 1.54) is 56.7 Å². The van der Waals surface area contributed by atoms with Crippen molar-refractivity contribution in [1.29, 1.82) is 0 Å². The van der Waals surface area contributed by atoms with Crippen LogP contribution < -0.4 is 19.5 Å². The third-order valence-corrected chi connectivity index (χ3v) is 4.61. The minimum absolute atomic E-state index is 0.0697. The van der Waals surface area contributed by atoms with Crippen molar-refractivity contribution in [2.45, 2.75) is 4.90 Å². The molecule has 2 N–H and O–H groups in total. The summed E-state index contributed by atoms with van der Waals surface area (Å²) in [5, 5.41) is 2.46. The summed E-state index contributed by atoms with van der Waals surface area (Å²) in [6.45, 7) is -0.478. The van der Waals surface area contributed by atoms with Crippen LogP contribution in [0.2, 0.25) is 0 Å². The first-order chi connectivity index (χ1) is 11.9. The largest absolute Gasteiger partial charge is 0.493 e. The van der Waals surface area contributed by atoms with Crippen LogP contribution in [-0.4, -0.2) is 35.1 Å². The summed E-state index contributed by atoms with van der Waals surface area (Å²) in [6, 6.07) is 9.19. The molecule has 0 radical (unpaired) electrons. The molecule has 0 aliphatic heterocycles. The van der Waals surface area contributed by atoms with Gasteiger partial charge in [-0.3, -0.25) is 4.79 Å². The van der Waals surface area contributed by atoms with Gasteiger partial charge in [-0.05, 0) is 36.4 Å². The summed E-state index contributed by atoms with van der Waals surface area (Å²) < 4.78 is 49.6. The lowest BCUT2D eigenvalue weighted by Crippen LogP contribution is -2.32. The van der Waals surface area contributed by atoms with E-state index >= 15 is 0 Å². The standard InChI is InChI=1S/C16H17FN2O5S/c1-23-14-8-7-13(9-15(14)24-2)25(21,22)18-10-16(20)19-12-5-3-11(17)4-6-12/h3-9,18H,10H2,1-2H3,(H,19,20). The Morgan fingerprint density at radius 1 is 1.04 bits per heavy atom. The number of nitrogens with one attached hydrogen (secondary N) is 2. The molecule has 0 fully saturated rings. The number of hydrogen-bond acceptors (Lipinski definition) is 5. The number of carbonyl (C=O) groups is 1. The lowest BCUT2D eigenvalue weighted by Gasteiger charge is -2.11. The maximum absolute atomic E-state index is 12.8. The Labute approximate surface area is 144 Å². The van der Waals surface area contributed by atoms with E-state index in [9.17, 15) is 17.6 Å². The summed E-state index contributed by atoms with van der Waals surface area (Å²) in [4.78, 5) is 11.8. The molecule has 0 aromatic heterocycles. The number of ether oxygens (including phenoxy) is 2. The van der Waals surface area contributed by atoms with Gasteiger partial charge in [0.15, 0.2) is 11.5 Å². The summed E-state index contributed by atoms with van der Waals surface area (Å²) in [5.41, 5.74) is 0.358. The van der Waals surface area contributed by atoms with Crippen molar-refractivity contribution >= 4 is 21.6 Å². The maximum atomic E-state index is 12.8. The first kappa shape index (κ1) is 18.7. The molecule has 0 atom stereocenters. The number of benzene rings is 2. The molecule has 0 bridgehead atoms. The second kappa shape index (κ2) is 7.95. The van der Waals surface area contributed by atoms with Crippen LogP contribution in [0.15, 0.2) is 47.4 Å². The molecular formula is C16H17FN2O5S. The maximum Gasteiger partial charge on any atom is 0.241 e. The second-order valence-electron chi connectivity index (χ2n) is 4.90. The number of halogens is 1. The number of hydrogen-bond donors (Lipinski definition) is 2. The number of sulfonamides is 1. The van der Waals surface area contributed by atoms with Crippen LogP contribution in [0.4, 0.5) is 10.1 Å². The van der Waals surface area contributed by atoms with Crippen molar-refractivity contribution in [1.82, 2.24) is 4.72 Å². The zero-order valence-corrected chi connectivity index (χ0v) is 14.4. The highest BCUT2D eigenvalue weighted by Gasteiger charge is 2.18. The van der Waals surface area contributed by atoms with Gasteiger partial charge in [0, 0.05) is 11.8 Å². The summed E-state index contributed by atoms with van der Waals surface area (Å²) in [5.74, 6) is -0.389. The Kier molecular flexibility index (Phi) is 5.94. The van der Waals surface area contributed by atoms with E-state index in [1.807, 2.05) is 0 Å². The van der Waals surface area contributed by atoms with Crippen molar-refractivity contribution in [2.24, 2.45) is 0 Å². The van der Waals surface area contributed by atoms with Gasteiger partial charge in [-0.1, -0.05) is 0 Å². The van der Waals surface area contributed by atoms with Gasteiger partial charge in [-0.25, -0.2) is 17.5 Å². The third kappa shape index (κ3) is 4.91. The Hall–Kier alpha value is -2.65. The molecule has 2 aromatic rings. The number of carbonyl (C=O) groups excluding carboxylic acids is 1. The van der Waals surface area contributed by atoms with Crippen molar-refractivity contribution < 1.29 is 27.1 Å². The van der Waals surface area contributed by atoms with Gasteiger partial charge in [-0.2, -0.15) is 0 Å². The fourth-order valence-electron chi connectivity index (χ4n) is 1.97. The molecular weight excluding hydrogens is 351 g/mol. The van der Waals surface area contributed by atoms with Crippen LogP contribution in [0.3, 0.4) is 0 Å². The fraction of sp³-hybridized carbons (Fsp3) is 0.188. The molecule has 0 saturated carbocycles. The molecule has 2 rings (SSSR count). The Balaban J connectivity index is 2.03. The van der Waals surface area contributed by atoms with Gasteiger partial charge < -0.3 is 14.8 Å². The number of anilines is 1. The van der Waals surface area contributed by atoms with Gasteiger partial charge in [0.1, 0.15) is 5.82 Å². The minimum atomic E-state index is -3.92. The molecule has 134 valence electrons. The van der Waals surface area contributed by atoms with Gasteiger partial charge in [0.2, 0.25) is 15.9 Å². The topological polar surface area (TPSA) is 93.7 Å². The fourth-order valence-corrected chi connectivity index (χ4v) is 2.96. The molecule has 25 heavy (non-hydrogen) atoms. The first-order valence-electron chi connectivity index (χ1n) is 7.13. The lowest BCUT2D eigenvalue weighted by atomic mass is 10.3. The van der Waals surface area contributed by atoms with Gasteiger partial charge >= 0.3 is 0 Å². The molecule has 2 aromatic carbocycles.